The van der Waals surface area contributed by atoms with Crippen molar-refractivity contribution in [3.8, 4) is 0 Å². The molecule has 0 fully saturated rings. The van der Waals surface area contributed by atoms with Crippen LogP contribution < -0.4 is 5.32 Å². The van der Waals surface area contributed by atoms with Gasteiger partial charge in [-0.3, -0.25) is 0 Å². The van der Waals surface area contributed by atoms with Gasteiger partial charge in [0.2, 0.25) is 0 Å². The van der Waals surface area contributed by atoms with Crippen molar-refractivity contribution in [3.05, 3.63) is 29.8 Å². The molecule has 0 aliphatic rings. The van der Waals surface area contributed by atoms with Crippen LogP contribution in [-0.2, 0) is 0 Å². The number of aliphatic hydroxyl groups excluding tert-OH is 1. The molecule has 0 aliphatic heterocycles. The van der Waals surface area contributed by atoms with E-state index in [9.17, 15) is 13.9 Å². The van der Waals surface area contributed by atoms with Crippen LogP contribution in [-0.4, -0.2) is 30.1 Å². The number of rotatable bonds is 8. The maximum atomic E-state index is 13.4. The zero-order valence-corrected chi connectivity index (χ0v) is 12.2. The number of hydrogen-bond donors (Lipinski definition) is 2. The highest BCUT2D eigenvalue weighted by Gasteiger charge is 2.24. The normalized spacial score (nSPS) is 14.4. The first-order valence-electron chi connectivity index (χ1n) is 6.44. The lowest BCUT2D eigenvalue weighted by Crippen LogP contribution is -2.45. The minimum atomic E-state index is -0.553. The van der Waals surface area contributed by atoms with E-state index < -0.39 is 11.6 Å². The van der Waals surface area contributed by atoms with Gasteiger partial charge in [-0.25, -0.2) is 8.78 Å². The van der Waals surface area contributed by atoms with Crippen molar-refractivity contribution in [2.75, 3.05) is 19.4 Å². The molecule has 2 nitrogen and oxygen atoms in total. The number of nitrogens with one attached hydrogen (secondary N) is 1. The summed E-state index contributed by atoms with van der Waals surface area (Å²) in [7, 11) is 1.84. The molecule has 19 heavy (non-hydrogen) atoms. The first-order chi connectivity index (χ1) is 9.06. The second-order valence-electron chi connectivity index (χ2n) is 4.57. The molecule has 0 heterocycles. The Bertz CT molecular complexity index is 389. The van der Waals surface area contributed by atoms with Gasteiger partial charge in [0.1, 0.15) is 11.6 Å². The van der Waals surface area contributed by atoms with Crippen LogP contribution in [0.5, 0.6) is 0 Å². The second-order valence-corrected chi connectivity index (χ2v) is 5.71. The summed E-state index contributed by atoms with van der Waals surface area (Å²) in [6.45, 7) is 2.12. The number of aliphatic hydroxyl groups is 1. The van der Waals surface area contributed by atoms with Crippen LogP contribution in [0.4, 0.5) is 8.78 Å². The van der Waals surface area contributed by atoms with Crippen LogP contribution in [0.25, 0.3) is 0 Å². The van der Waals surface area contributed by atoms with E-state index in [4.69, 9.17) is 0 Å². The Labute approximate surface area is 117 Å². The van der Waals surface area contributed by atoms with Gasteiger partial charge in [-0.05, 0) is 44.2 Å². The van der Waals surface area contributed by atoms with Gasteiger partial charge in [-0.1, -0.05) is 6.92 Å². The summed E-state index contributed by atoms with van der Waals surface area (Å²) in [5.74, 6) is -0.323. The maximum absolute atomic E-state index is 13.4. The van der Waals surface area contributed by atoms with E-state index in [0.717, 1.165) is 31.1 Å². The minimum Gasteiger partial charge on any atom is -0.394 e. The Balaban J connectivity index is 2.42. The Morgan fingerprint density at radius 2 is 2.11 bits per heavy atom. The molecule has 1 aromatic rings. The Morgan fingerprint density at radius 1 is 1.37 bits per heavy atom. The van der Waals surface area contributed by atoms with Gasteiger partial charge >= 0.3 is 0 Å². The summed E-state index contributed by atoms with van der Waals surface area (Å²) in [5.41, 5.74) is -0.248. The summed E-state index contributed by atoms with van der Waals surface area (Å²) >= 11 is 1.38. The summed E-state index contributed by atoms with van der Waals surface area (Å²) in [4.78, 5) is 0.469. The smallest absolute Gasteiger partial charge is 0.139 e. The van der Waals surface area contributed by atoms with Gasteiger partial charge in [0.25, 0.3) is 0 Å². The topological polar surface area (TPSA) is 32.3 Å². The van der Waals surface area contributed by atoms with Gasteiger partial charge < -0.3 is 10.4 Å². The quantitative estimate of drug-likeness (QED) is 0.569. The van der Waals surface area contributed by atoms with Crippen LogP contribution in [0.3, 0.4) is 0 Å². The molecule has 0 bridgehead atoms. The van der Waals surface area contributed by atoms with Gasteiger partial charge in [0.05, 0.1) is 6.61 Å². The van der Waals surface area contributed by atoms with E-state index in [0.29, 0.717) is 4.90 Å². The average molecular weight is 289 g/mol. The van der Waals surface area contributed by atoms with Crippen LogP contribution in [0.2, 0.25) is 0 Å². The lowest BCUT2D eigenvalue weighted by Gasteiger charge is -2.30. The highest BCUT2D eigenvalue weighted by molar-refractivity contribution is 7.99. The predicted octanol–water partition coefficient (Wildman–Crippen LogP) is 3.20. The Morgan fingerprint density at radius 3 is 2.63 bits per heavy atom. The van der Waals surface area contributed by atoms with Crippen molar-refractivity contribution >= 4 is 11.8 Å². The standard InChI is InChI=1S/C14H21F2NOS/c1-3-14(10-18,17-2)7-4-8-19-13-6-5-11(15)9-12(13)16/h5-6,9,17-18H,3-4,7-8,10H2,1-2H3. The largest absolute Gasteiger partial charge is 0.394 e. The van der Waals surface area contributed by atoms with Crippen molar-refractivity contribution < 1.29 is 13.9 Å². The van der Waals surface area contributed by atoms with E-state index in [2.05, 4.69) is 5.32 Å². The minimum absolute atomic E-state index is 0.0928. The van der Waals surface area contributed by atoms with Gasteiger partial charge in [0, 0.05) is 16.5 Å². The predicted molar refractivity (Wildman–Crippen MR) is 75.5 cm³/mol. The molecule has 0 saturated heterocycles. The number of thioether (sulfide) groups is 1. The van der Waals surface area contributed by atoms with E-state index >= 15 is 0 Å². The molecule has 5 heteroatoms. The van der Waals surface area contributed by atoms with Crippen molar-refractivity contribution in [1.82, 2.24) is 5.32 Å². The fraction of sp³-hybridized carbons (Fsp3) is 0.571. The molecule has 0 amide bonds. The van der Waals surface area contributed by atoms with Crippen molar-refractivity contribution in [1.29, 1.82) is 0 Å². The van der Waals surface area contributed by atoms with E-state index in [-0.39, 0.29) is 12.1 Å². The molecular formula is C14H21F2NOS. The molecule has 0 aromatic heterocycles. The molecular weight excluding hydrogens is 268 g/mol. The second kappa shape index (κ2) is 7.82. The molecule has 108 valence electrons. The number of benzene rings is 1. The van der Waals surface area contributed by atoms with Crippen molar-refractivity contribution in [2.24, 2.45) is 0 Å². The molecule has 0 spiro atoms. The maximum Gasteiger partial charge on any atom is 0.139 e. The third-order valence-electron chi connectivity index (χ3n) is 3.46. The van der Waals surface area contributed by atoms with E-state index in [1.54, 1.807) is 0 Å². The molecule has 0 aliphatic carbocycles. The molecule has 0 radical (unpaired) electrons. The number of halogens is 2. The van der Waals surface area contributed by atoms with Crippen LogP contribution in [0.15, 0.2) is 23.1 Å². The van der Waals surface area contributed by atoms with Gasteiger partial charge in [-0.2, -0.15) is 0 Å². The summed E-state index contributed by atoms with van der Waals surface area (Å²) in [6.07, 6.45) is 2.53. The molecule has 1 unspecified atom stereocenters. The fourth-order valence-electron chi connectivity index (χ4n) is 1.93. The number of likely N-dealkylation sites (N-methyl/N-ethyl adjacent to an activating group) is 1. The lowest BCUT2D eigenvalue weighted by atomic mass is 9.92. The lowest BCUT2D eigenvalue weighted by molar-refractivity contribution is 0.154. The van der Waals surface area contributed by atoms with E-state index in [1.165, 1.54) is 23.9 Å². The first-order valence-corrected chi connectivity index (χ1v) is 7.43. The van der Waals surface area contributed by atoms with Crippen molar-refractivity contribution in [2.45, 2.75) is 36.6 Å². The summed E-state index contributed by atoms with van der Waals surface area (Å²) in [6, 6.07) is 3.63. The number of hydrogen-bond acceptors (Lipinski definition) is 3. The summed E-state index contributed by atoms with van der Waals surface area (Å²) in [5, 5.41) is 12.5. The SMILES string of the molecule is CCC(CO)(CCCSc1ccc(F)cc1F)NC. The third kappa shape index (κ3) is 4.75. The monoisotopic (exact) mass is 289 g/mol. The molecule has 1 aromatic carbocycles. The van der Waals surface area contributed by atoms with E-state index in [1.807, 2.05) is 14.0 Å². The fourth-order valence-corrected chi connectivity index (χ4v) is 2.80. The van der Waals surface area contributed by atoms with Crippen LogP contribution in [0, 0.1) is 11.6 Å². The zero-order chi connectivity index (χ0) is 14.3. The summed E-state index contributed by atoms with van der Waals surface area (Å²) < 4.78 is 26.1. The van der Waals surface area contributed by atoms with Gasteiger partial charge in [0.15, 0.2) is 0 Å². The first kappa shape index (κ1) is 16.4. The zero-order valence-electron chi connectivity index (χ0n) is 11.4. The van der Waals surface area contributed by atoms with Crippen LogP contribution in [0.1, 0.15) is 26.2 Å². The van der Waals surface area contributed by atoms with Crippen LogP contribution >= 0.6 is 11.8 Å². The Hall–Kier alpha value is -0.650. The van der Waals surface area contributed by atoms with Gasteiger partial charge in [-0.15, -0.1) is 11.8 Å². The molecule has 0 saturated carbocycles. The highest BCUT2D eigenvalue weighted by atomic mass is 32.2. The highest BCUT2D eigenvalue weighted by Crippen LogP contribution is 2.25. The molecule has 1 atom stereocenters. The molecule has 1 rings (SSSR count). The Kier molecular flexibility index (Phi) is 6.75. The molecule has 2 N–H and O–H groups in total. The van der Waals surface area contributed by atoms with Crippen molar-refractivity contribution in [3.63, 3.8) is 0 Å². The average Bonchev–Trinajstić information content (AvgIpc) is 2.42. The third-order valence-corrected chi connectivity index (χ3v) is 4.60.